The molecule has 0 aliphatic carbocycles. The number of fused-ring (bicyclic) bond motifs is 1. The van der Waals surface area contributed by atoms with Crippen molar-refractivity contribution >= 4 is 21.1 Å². The monoisotopic (exact) mass is 153 g/mol. The summed E-state index contributed by atoms with van der Waals surface area (Å²) in [6, 6.07) is 0. The minimum atomic E-state index is -1.11. The van der Waals surface area contributed by atoms with Crippen molar-refractivity contribution in [1.82, 2.24) is 15.0 Å². The number of hydrogen-bond acceptors (Lipinski definition) is 4. The lowest BCUT2D eigenvalue weighted by molar-refractivity contribution is 0.599. The third-order valence-corrected chi connectivity index (χ3v) is 2.16. The second-order valence-corrected chi connectivity index (χ2v) is 2.99. The van der Waals surface area contributed by atoms with Gasteiger partial charge in [-0.3, -0.25) is 0 Å². The van der Waals surface area contributed by atoms with E-state index in [0.717, 1.165) is 0 Å². The molecule has 0 radical (unpaired) electrons. The van der Waals surface area contributed by atoms with Gasteiger partial charge in [0.05, 0.1) is 6.20 Å². The van der Waals surface area contributed by atoms with Gasteiger partial charge in [0, 0.05) is 0 Å². The van der Waals surface area contributed by atoms with Crippen molar-refractivity contribution in [3.8, 4) is 0 Å². The van der Waals surface area contributed by atoms with Crippen LogP contribution in [-0.4, -0.2) is 19.5 Å². The molecule has 50 valence electrons. The molecule has 0 bridgehead atoms. The van der Waals surface area contributed by atoms with E-state index in [4.69, 9.17) is 0 Å². The molecular formula is C5H3N3OS. The Balaban J connectivity index is 2.93. The molecular weight excluding hydrogens is 150 g/mol. The molecule has 0 amide bonds. The lowest BCUT2D eigenvalue weighted by Crippen LogP contribution is -1.75. The summed E-state index contributed by atoms with van der Waals surface area (Å²) in [6.45, 7) is 0. The molecule has 4 nitrogen and oxygen atoms in total. The first-order chi connectivity index (χ1) is 4.88. The highest BCUT2D eigenvalue weighted by Gasteiger charge is 2.05. The van der Waals surface area contributed by atoms with E-state index >= 15 is 0 Å². The van der Waals surface area contributed by atoms with Gasteiger partial charge in [-0.15, -0.1) is 0 Å². The average Bonchev–Trinajstić information content (AvgIpc) is 2.34. The second-order valence-electron chi connectivity index (χ2n) is 1.74. The van der Waals surface area contributed by atoms with Crippen molar-refractivity contribution in [1.29, 1.82) is 0 Å². The Labute approximate surface area is 59.4 Å². The average molecular weight is 153 g/mol. The number of aromatic nitrogens is 3. The minimum absolute atomic E-state index is 0.522. The largest absolute Gasteiger partial charge is 0.589 e. The van der Waals surface area contributed by atoms with Gasteiger partial charge in [-0.05, 0) is 10.8 Å². The zero-order valence-electron chi connectivity index (χ0n) is 4.89. The van der Waals surface area contributed by atoms with Gasteiger partial charge in [0.2, 0.25) is 15.9 Å². The molecule has 0 aliphatic heterocycles. The summed E-state index contributed by atoms with van der Waals surface area (Å²) >= 11 is 0. The van der Waals surface area contributed by atoms with Crippen LogP contribution in [0.4, 0.5) is 0 Å². The van der Waals surface area contributed by atoms with Crippen LogP contribution in [0.1, 0.15) is 0 Å². The zero-order chi connectivity index (χ0) is 6.97. The Morgan fingerprint density at radius 1 is 1.40 bits per heavy atom. The van der Waals surface area contributed by atoms with E-state index in [9.17, 15) is 4.55 Å². The van der Waals surface area contributed by atoms with Crippen LogP contribution in [0.25, 0.3) is 10.3 Å². The Hall–Kier alpha value is -1.07. The Kier molecular flexibility index (Phi) is 1.12. The van der Waals surface area contributed by atoms with Gasteiger partial charge in [-0.2, -0.15) is 4.98 Å². The van der Waals surface area contributed by atoms with Crippen LogP contribution in [0.3, 0.4) is 0 Å². The van der Waals surface area contributed by atoms with Gasteiger partial charge >= 0.3 is 0 Å². The summed E-state index contributed by atoms with van der Waals surface area (Å²) in [5.41, 5.74) is 1.88. The fourth-order valence-corrected chi connectivity index (χ4v) is 1.46. The molecule has 2 aromatic rings. The highest BCUT2D eigenvalue weighted by atomic mass is 32.2. The van der Waals surface area contributed by atoms with Gasteiger partial charge < -0.3 is 4.55 Å². The Morgan fingerprint density at radius 3 is 3.10 bits per heavy atom. The van der Waals surface area contributed by atoms with Crippen LogP contribution in [0.5, 0.6) is 0 Å². The molecule has 0 fully saturated rings. The summed E-state index contributed by atoms with van der Waals surface area (Å²) in [6.07, 6.45) is 2.91. The fraction of sp³-hybridized carbons (Fsp3) is 0. The van der Waals surface area contributed by atoms with Gasteiger partial charge in [0.1, 0.15) is 6.33 Å². The predicted molar refractivity (Wildman–Crippen MR) is 36.0 cm³/mol. The molecule has 0 saturated carbocycles. The van der Waals surface area contributed by atoms with E-state index < -0.39 is 10.8 Å². The lowest BCUT2D eigenvalue weighted by Gasteiger charge is -1.83. The second kappa shape index (κ2) is 1.96. The van der Waals surface area contributed by atoms with Crippen LogP contribution < -0.4 is 0 Å². The van der Waals surface area contributed by atoms with Crippen LogP contribution >= 0.6 is 10.8 Å². The van der Waals surface area contributed by atoms with E-state index in [0.29, 0.717) is 10.3 Å². The normalized spacial score (nSPS) is 12.3. The highest BCUT2D eigenvalue weighted by molar-refractivity contribution is 7.29. The van der Waals surface area contributed by atoms with Crippen molar-refractivity contribution in [2.45, 2.75) is 0 Å². The third kappa shape index (κ3) is 0.680. The van der Waals surface area contributed by atoms with Crippen molar-refractivity contribution in [3.63, 3.8) is 0 Å². The Morgan fingerprint density at radius 2 is 2.30 bits per heavy atom. The van der Waals surface area contributed by atoms with Crippen LogP contribution in [0, 0.1) is 0 Å². The van der Waals surface area contributed by atoms with E-state index in [2.05, 4.69) is 15.0 Å². The summed E-state index contributed by atoms with van der Waals surface area (Å²) < 4.78 is 11.5. The number of rotatable bonds is 0. The minimum Gasteiger partial charge on any atom is -0.589 e. The molecule has 1 atom stereocenters. The molecule has 10 heavy (non-hydrogen) atoms. The zero-order valence-corrected chi connectivity index (χ0v) is 5.71. The van der Waals surface area contributed by atoms with Crippen molar-refractivity contribution in [2.75, 3.05) is 0 Å². The molecule has 2 rings (SSSR count). The molecule has 2 aromatic heterocycles. The predicted octanol–water partition coefficient (Wildman–Crippen LogP) is 0.752. The molecule has 0 N–H and O–H groups in total. The van der Waals surface area contributed by atoms with Gasteiger partial charge in [-0.25, -0.2) is 9.97 Å². The topological polar surface area (TPSA) is 61.7 Å². The van der Waals surface area contributed by atoms with Crippen LogP contribution in [0.2, 0.25) is 0 Å². The van der Waals surface area contributed by atoms with E-state index in [1.807, 2.05) is 0 Å². The molecule has 5 heteroatoms. The van der Waals surface area contributed by atoms with Gasteiger partial charge in [0.25, 0.3) is 0 Å². The standard InChI is InChI=1S/C5H3N3OS/c9-10-3-8-5-4(10)1-6-2-7-5/h1-3H. The maximum atomic E-state index is 10.9. The van der Waals surface area contributed by atoms with Gasteiger partial charge in [-0.1, -0.05) is 0 Å². The van der Waals surface area contributed by atoms with E-state index in [-0.39, 0.29) is 0 Å². The van der Waals surface area contributed by atoms with Crippen molar-refractivity contribution in [3.05, 3.63) is 18.0 Å². The first-order valence-corrected chi connectivity index (χ1v) is 3.84. The molecule has 1 unspecified atom stereocenters. The van der Waals surface area contributed by atoms with Crippen molar-refractivity contribution < 1.29 is 4.55 Å². The van der Waals surface area contributed by atoms with Gasteiger partial charge in [0.15, 0.2) is 0 Å². The smallest absolute Gasteiger partial charge is 0.236 e. The first kappa shape index (κ1) is 5.70. The number of nitrogens with zero attached hydrogens (tertiary/aromatic N) is 3. The quantitative estimate of drug-likeness (QED) is 0.524. The summed E-state index contributed by atoms with van der Waals surface area (Å²) in [5, 5.41) is 0. The van der Waals surface area contributed by atoms with Crippen LogP contribution in [-0.2, 0) is 0 Å². The highest BCUT2D eigenvalue weighted by Crippen LogP contribution is 2.21. The van der Waals surface area contributed by atoms with Crippen molar-refractivity contribution in [2.24, 2.45) is 0 Å². The number of thiazole rings is 1. The first-order valence-electron chi connectivity index (χ1n) is 2.63. The van der Waals surface area contributed by atoms with Crippen LogP contribution in [0.15, 0.2) is 18.0 Å². The lowest BCUT2D eigenvalue weighted by atomic mass is 10.6. The molecule has 0 aromatic carbocycles. The fourth-order valence-electron chi connectivity index (χ4n) is 0.704. The maximum absolute atomic E-state index is 10.9. The maximum Gasteiger partial charge on any atom is 0.236 e. The molecule has 0 aliphatic rings. The van der Waals surface area contributed by atoms with E-state index in [1.54, 1.807) is 0 Å². The SMILES string of the molecule is [O-][s+]1cnc2ncncc21. The van der Waals surface area contributed by atoms with E-state index in [1.165, 1.54) is 18.0 Å². The molecule has 0 saturated heterocycles. The summed E-state index contributed by atoms with van der Waals surface area (Å²) in [4.78, 5) is 11.3. The molecule has 2 heterocycles. The number of hydrogen-bond donors (Lipinski definition) is 0. The Bertz CT molecular complexity index is 358. The third-order valence-electron chi connectivity index (χ3n) is 1.15. The molecule has 0 spiro atoms. The summed E-state index contributed by atoms with van der Waals surface area (Å²) in [5.74, 6) is 0. The summed E-state index contributed by atoms with van der Waals surface area (Å²) in [7, 11) is -1.11.